The number of anilines is 2. The third-order valence-corrected chi connectivity index (χ3v) is 7.68. The molecule has 10 heteroatoms. The van der Waals surface area contributed by atoms with Gasteiger partial charge in [-0.05, 0) is 51.8 Å². The van der Waals surface area contributed by atoms with Gasteiger partial charge in [0.05, 0.1) is 6.54 Å². The first-order valence-electron chi connectivity index (χ1n) is 13.1. The van der Waals surface area contributed by atoms with Gasteiger partial charge in [-0.15, -0.1) is 0 Å². The standard InChI is InChI=1S/C27H38ClN7O2/c1-4-21-17-34(26-24(28)31-23(25(29)32-26)27(37)30-15-19(3)36)13-14-35(21)22-9-11-33(12-10-22)16-20-7-5-18(2)6-8-20/h5-8,21-22H,4,9-17H2,1-3H3,(H2,29,32)(H,30,37)/t21-/m0/s1. The maximum Gasteiger partial charge on any atom is 0.274 e. The molecule has 0 unspecified atom stereocenters. The Morgan fingerprint density at radius 2 is 1.81 bits per heavy atom. The lowest BCUT2D eigenvalue weighted by Crippen LogP contribution is -2.58. The molecule has 2 aliphatic heterocycles. The molecule has 0 radical (unpaired) electrons. The zero-order valence-corrected chi connectivity index (χ0v) is 22.8. The van der Waals surface area contributed by atoms with Gasteiger partial charge in [-0.3, -0.25) is 19.4 Å². The number of rotatable bonds is 8. The minimum absolute atomic E-state index is 0.0110. The van der Waals surface area contributed by atoms with Crippen LogP contribution in [0.5, 0.6) is 0 Å². The van der Waals surface area contributed by atoms with Crippen LogP contribution in [-0.2, 0) is 11.3 Å². The van der Waals surface area contributed by atoms with E-state index in [0.29, 0.717) is 17.9 Å². The van der Waals surface area contributed by atoms with E-state index in [1.165, 1.54) is 30.9 Å². The molecule has 3 N–H and O–H groups in total. The lowest BCUT2D eigenvalue weighted by Gasteiger charge is -2.47. The summed E-state index contributed by atoms with van der Waals surface area (Å²) in [6.45, 7) is 11.3. The summed E-state index contributed by atoms with van der Waals surface area (Å²) >= 11 is 6.47. The molecular formula is C27H38ClN7O2. The second kappa shape index (κ2) is 12.2. The number of nitrogens with one attached hydrogen (secondary N) is 1. The van der Waals surface area contributed by atoms with Crippen molar-refractivity contribution < 1.29 is 9.59 Å². The Bertz CT molecular complexity index is 1100. The Morgan fingerprint density at radius 1 is 1.11 bits per heavy atom. The number of aromatic nitrogens is 2. The van der Waals surface area contributed by atoms with E-state index in [-0.39, 0.29) is 29.0 Å². The van der Waals surface area contributed by atoms with E-state index >= 15 is 0 Å². The molecule has 1 aromatic carbocycles. The van der Waals surface area contributed by atoms with Crippen molar-refractivity contribution in [1.82, 2.24) is 25.1 Å². The summed E-state index contributed by atoms with van der Waals surface area (Å²) in [4.78, 5) is 39.5. The summed E-state index contributed by atoms with van der Waals surface area (Å²) in [5, 5.41) is 2.64. The van der Waals surface area contributed by atoms with Crippen LogP contribution in [0.15, 0.2) is 24.3 Å². The number of amides is 1. The van der Waals surface area contributed by atoms with Gasteiger partial charge >= 0.3 is 0 Å². The maximum absolute atomic E-state index is 12.3. The molecule has 0 spiro atoms. The summed E-state index contributed by atoms with van der Waals surface area (Å²) < 4.78 is 0. The number of carbonyl (C=O) groups excluding carboxylic acids is 2. The summed E-state index contributed by atoms with van der Waals surface area (Å²) in [6, 6.07) is 9.79. The molecule has 1 amide bonds. The van der Waals surface area contributed by atoms with Gasteiger partial charge in [0.2, 0.25) is 0 Å². The van der Waals surface area contributed by atoms with Crippen molar-refractivity contribution in [3.8, 4) is 0 Å². The highest BCUT2D eigenvalue weighted by molar-refractivity contribution is 6.32. The molecule has 37 heavy (non-hydrogen) atoms. The van der Waals surface area contributed by atoms with Crippen LogP contribution >= 0.6 is 11.6 Å². The van der Waals surface area contributed by atoms with E-state index < -0.39 is 5.91 Å². The van der Waals surface area contributed by atoms with Crippen molar-refractivity contribution in [2.75, 3.05) is 49.9 Å². The van der Waals surface area contributed by atoms with Crippen molar-refractivity contribution >= 4 is 34.9 Å². The van der Waals surface area contributed by atoms with E-state index in [9.17, 15) is 9.59 Å². The van der Waals surface area contributed by atoms with Gasteiger partial charge < -0.3 is 16.0 Å². The van der Waals surface area contributed by atoms with Crippen LogP contribution in [0, 0.1) is 6.92 Å². The van der Waals surface area contributed by atoms with Crippen LogP contribution in [0.1, 0.15) is 54.7 Å². The monoisotopic (exact) mass is 527 g/mol. The molecule has 3 heterocycles. The Morgan fingerprint density at radius 3 is 2.46 bits per heavy atom. The normalized spacial score (nSPS) is 19.7. The van der Waals surface area contributed by atoms with E-state index in [2.05, 4.69) is 68.1 Å². The van der Waals surface area contributed by atoms with E-state index in [4.69, 9.17) is 17.3 Å². The highest BCUT2D eigenvalue weighted by Gasteiger charge is 2.34. The third-order valence-electron chi connectivity index (χ3n) is 7.43. The van der Waals surface area contributed by atoms with Crippen molar-refractivity contribution in [2.45, 2.75) is 58.7 Å². The Labute approximate surface area is 224 Å². The van der Waals surface area contributed by atoms with Crippen LogP contribution in [0.3, 0.4) is 0 Å². The second-order valence-electron chi connectivity index (χ2n) is 10.2. The Kier molecular flexibility index (Phi) is 9.00. The van der Waals surface area contributed by atoms with Crippen molar-refractivity contribution in [3.63, 3.8) is 0 Å². The zero-order valence-electron chi connectivity index (χ0n) is 22.0. The SMILES string of the molecule is CC[C@H]1CN(c2nc(N)c(C(=O)NCC(C)=O)nc2Cl)CCN1C1CCN(Cc2ccc(C)cc2)CC1. The molecule has 2 fully saturated rings. The van der Waals surface area contributed by atoms with Gasteiger partial charge in [0.25, 0.3) is 5.91 Å². The molecule has 200 valence electrons. The minimum Gasteiger partial charge on any atom is -0.382 e. The molecule has 1 atom stereocenters. The highest BCUT2D eigenvalue weighted by atomic mass is 35.5. The number of hydrogen-bond donors (Lipinski definition) is 2. The summed E-state index contributed by atoms with van der Waals surface area (Å²) in [5.74, 6) is -0.202. The van der Waals surface area contributed by atoms with E-state index in [0.717, 1.165) is 45.7 Å². The Balaban J connectivity index is 1.35. The van der Waals surface area contributed by atoms with Gasteiger partial charge in [0.1, 0.15) is 5.78 Å². The van der Waals surface area contributed by atoms with Crippen LogP contribution < -0.4 is 16.0 Å². The third kappa shape index (κ3) is 6.77. The molecule has 9 nitrogen and oxygen atoms in total. The number of Topliss-reactive ketones (excluding diaryl/α,β-unsaturated/α-hetero) is 1. The van der Waals surface area contributed by atoms with Gasteiger partial charge in [-0.2, -0.15) is 0 Å². The highest BCUT2D eigenvalue weighted by Crippen LogP contribution is 2.30. The summed E-state index contributed by atoms with van der Waals surface area (Å²) in [7, 11) is 0. The Hall–Kier alpha value is -2.75. The fourth-order valence-electron chi connectivity index (χ4n) is 5.34. The zero-order chi connectivity index (χ0) is 26.5. The number of benzene rings is 1. The molecule has 0 saturated carbocycles. The predicted octanol–water partition coefficient (Wildman–Crippen LogP) is 2.90. The summed E-state index contributed by atoms with van der Waals surface area (Å²) in [5.41, 5.74) is 8.69. The number of carbonyl (C=O) groups is 2. The number of aryl methyl sites for hydroxylation is 1. The average molecular weight is 528 g/mol. The minimum atomic E-state index is -0.557. The molecule has 4 rings (SSSR count). The van der Waals surface area contributed by atoms with Gasteiger partial charge in [-0.1, -0.05) is 48.4 Å². The fraction of sp³-hybridized carbons (Fsp3) is 0.556. The lowest BCUT2D eigenvalue weighted by atomic mass is 9.98. The van der Waals surface area contributed by atoms with Crippen LogP contribution in [-0.4, -0.2) is 82.8 Å². The average Bonchev–Trinajstić information content (AvgIpc) is 2.89. The number of halogens is 1. The molecule has 2 aromatic rings. The first-order chi connectivity index (χ1) is 17.7. The summed E-state index contributed by atoms with van der Waals surface area (Å²) in [6.07, 6.45) is 3.35. The molecule has 1 aromatic heterocycles. The maximum atomic E-state index is 12.3. The van der Waals surface area contributed by atoms with Crippen LogP contribution in [0.2, 0.25) is 5.15 Å². The number of likely N-dealkylation sites (tertiary alicyclic amines) is 1. The number of nitrogens with two attached hydrogens (primary N) is 1. The van der Waals surface area contributed by atoms with E-state index in [1.54, 1.807) is 0 Å². The van der Waals surface area contributed by atoms with Crippen molar-refractivity contribution in [2.24, 2.45) is 0 Å². The molecule has 2 saturated heterocycles. The quantitative estimate of drug-likeness (QED) is 0.539. The smallest absolute Gasteiger partial charge is 0.274 e. The first-order valence-corrected chi connectivity index (χ1v) is 13.5. The lowest BCUT2D eigenvalue weighted by molar-refractivity contribution is -0.116. The van der Waals surface area contributed by atoms with Gasteiger partial charge in [-0.25, -0.2) is 9.97 Å². The number of piperidine rings is 1. The van der Waals surface area contributed by atoms with Gasteiger partial charge in [0.15, 0.2) is 22.5 Å². The molecule has 2 aliphatic rings. The predicted molar refractivity (Wildman–Crippen MR) is 147 cm³/mol. The molecular weight excluding hydrogens is 490 g/mol. The van der Waals surface area contributed by atoms with Crippen LogP contribution in [0.25, 0.3) is 0 Å². The fourth-order valence-corrected chi connectivity index (χ4v) is 5.59. The van der Waals surface area contributed by atoms with Crippen molar-refractivity contribution in [3.05, 3.63) is 46.2 Å². The molecule has 0 bridgehead atoms. The number of piperazine rings is 1. The van der Waals surface area contributed by atoms with Crippen molar-refractivity contribution in [1.29, 1.82) is 0 Å². The number of hydrogen-bond acceptors (Lipinski definition) is 8. The number of nitrogens with zero attached hydrogens (tertiary/aromatic N) is 5. The molecule has 0 aliphatic carbocycles. The second-order valence-corrected chi connectivity index (χ2v) is 10.6. The van der Waals surface area contributed by atoms with E-state index in [1.807, 2.05) is 0 Å². The largest absolute Gasteiger partial charge is 0.382 e. The number of ketones is 1. The number of nitrogen functional groups attached to an aromatic ring is 1. The van der Waals surface area contributed by atoms with Gasteiger partial charge in [0, 0.05) is 38.3 Å². The van der Waals surface area contributed by atoms with Crippen LogP contribution in [0.4, 0.5) is 11.6 Å². The topological polar surface area (TPSA) is 108 Å². The first kappa shape index (κ1) is 27.3.